The maximum Gasteiger partial charge on any atom is 0.328 e. The standard InChI is InChI=1S/C15H17NO2S2/c1-16(7-6-13-3-2-8-19-13)10-14-9-12(11-20-14)4-5-15(17)18/h2-5,8-9,11H,6-7,10H2,1H3,(H,17,18). The lowest BCUT2D eigenvalue weighted by molar-refractivity contribution is -0.131. The molecule has 0 spiro atoms. The third-order valence-electron chi connectivity index (χ3n) is 2.84. The first kappa shape index (κ1) is 15.0. The Morgan fingerprint density at radius 2 is 2.25 bits per heavy atom. The number of likely N-dealkylation sites (N-methyl/N-ethyl adjacent to an activating group) is 1. The fourth-order valence-corrected chi connectivity index (χ4v) is 3.47. The van der Waals surface area contributed by atoms with Crippen LogP contribution < -0.4 is 0 Å². The SMILES string of the molecule is CN(CCc1cccs1)Cc1cc(C=CC(=O)O)cs1. The minimum absolute atomic E-state index is 0.900. The Balaban J connectivity index is 1.82. The Morgan fingerprint density at radius 3 is 2.95 bits per heavy atom. The van der Waals surface area contributed by atoms with E-state index in [-0.39, 0.29) is 0 Å². The van der Waals surface area contributed by atoms with E-state index in [4.69, 9.17) is 5.11 Å². The van der Waals surface area contributed by atoms with Crippen LogP contribution in [0.15, 0.2) is 35.0 Å². The molecule has 2 heterocycles. The average molecular weight is 307 g/mol. The quantitative estimate of drug-likeness (QED) is 0.795. The molecule has 0 radical (unpaired) electrons. The molecule has 0 unspecified atom stereocenters. The van der Waals surface area contributed by atoms with Gasteiger partial charge in [0.15, 0.2) is 0 Å². The van der Waals surface area contributed by atoms with E-state index in [0.717, 1.165) is 25.1 Å². The average Bonchev–Trinajstić information content (AvgIpc) is 3.05. The molecule has 0 aliphatic rings. The molecular formula is C15H17NO2S2. The molecule has 3 nitrogen and oxygen atoms in total. The summed E-state index contributed by atoms with van der Waals surface area (Å²) in [4.78, 5) is 15.4. The molecule has 0 aliphatic carbocycles. The summed E-state index contributed by atoms with van der Waals surface area (Å²) in [5, 5.41) is 12.7. The summed E-state index contributed by atoms with van der Waals surface area (Å²) < 4.78 is 0. The molecule has 106 valence electrons. The predicted octanol–water partition coefficient (Wildman–Crippen LogP) is 3.58. The van der Waals surface area contributed by atoms with Gasteiger partial charge in [-0.25, -0.2) is 4.79 Å². The number of hydrogen-bond acceptors (Lipinski definition) is 4. The molecule has 0 aliphatic heterocycles. The second-order valence-electron chi connectivity index (χ2n) is 4.59. The normalized spacial score (nSPS) is 11.5. The van der Waals surface area contributed by atoms with Gasteiger partial charge >= 0.3 is 5.97 Å². The summed E-state index contributed by atoms with van der Waals surface area (Å²) in [7, 11) is 2.11. The highest BCUT2D eigenvalue weighted by atomic mass is 32.1. The topological polar surface area (TPSA) is 40.5 Å². The summed E-state index contributed by atoms with van der Waals surface area (Å²) in [5.74, 6) is -0.911. The molecule has 0 aromatic carbocycles. The van der Waals surface area contributed by atoms with Crippen LogP contribution in [0.1, 0.15) is 15.3 Å². The van der Waals surface area contributed by atoms with Gasteiger partial charge < -0.3 is 10.0 Å². The van der Waals surface area contributed by atoms with E-state index in [1.807, 2.05) is 11.4 Å². The van der Waals surface area contributed by atoms with Crippen molar-refractivity contribution in [1.82, 2.24) is 4.90 Å². The Hall–Kier alpha value is -1.43. The Bertz CT molecular complexity index is 572. The third-order valence-corrected chi connectivity index (χ3v) is 4.71. The highest BCUT2D eigenvalue weighted by Crippen LogP contribution is 2.18. The van der Waals surface area contributed by atoms with E-state index in [1.54, 1.807) is 28.7 Å². The van der Waals surface area contributed by atoms with Crippen molar-refractivity contribution in [3.05, 3.63) is 50.4 Å². The van der Waals surface area contributed by atoms with Gasteiger partial charge in [0, 0.05) is 28.9 Å². The number of thiophene rings is 2. The van der Waals surface area contributed by atoms with Crippen LogP contribution in [0.5, 0.6) is 0 Å². The lowest BCUT2D eigenvalue weighted by atomic mass is 10.2. The van der Waals surface area contributed by atoms with Gasteiger partial charge in [-0.1, -0.05) is 6.07 Å². The number of rotatable bonds is 7. The fourth-order valence-electron chi connectivity index (χ4n) is 1.84. The summed E-state index contributed by atoms with van der Waals surface area (Å²) in [6.45, 7) is 1.93. The second kappa shape index (κ2) is 7.38. The number of carboxylic acids is 1. The van der Waals surface area contributed by atoms with Gasteiger partial charge in [-0.05, 0) is 48.0 Å². The molecule has 2 rings (SSSR count). The molecule has 2 aromatic rings. The Kier molecular flexibility index (Phi) is 5.52. The summed E-state index contributed by atoms with van der Waals surface area (Å²) in [5.41, 5.74) is 0.957. The maximum absolute atomic E-state index is 10.5. The zero-order valence-electron chi connectivity index (χ0n) is 11.3. The van der Waals surface area contributed by atoms with Gasteiger partial charge in [-0.3, -0.25) is 0 Å². The van der Waals surface area contributed by atoms with Crippen molar-refractivity contribution in [2.45, 2.75) is 13.0 Å². The molecule has 0 bridgehead atoms. The van der Waals surface area contributed by atoms with Crippen molar-refractivity contribution in [2.75, 3.05) is 13.6 Å². The highest BCUT2D eigenvalue weighted by Gasteiger charge is 2.04. The first-order valence-electron chi connectivity index (χ1n) is 6.33. The monoisotopic (exact) mass is 307 g/mol. The second-order valence-corrected chi connectivity index (χ2v) is 6.61. The fraction of sp³-hybridized carbons (Fsp3) is 0.267. The molecular weight excluding hydrogens is 290 g/mol. The van der Waals surface area contributed by atoms with Crippen molar-refractivity contribution in [1.29, 1.82) is 0 Å². The van der Waals surface area contributed by atoms with Crippen LogP contribution in [0.3, 0.4) is 0 Å². The van der Waals surface area contributed by atoms with Crippen LogP contribution in [0.4, 0.5) is 0 Å². The van der Waals surface area contributed by atoms with Gasteiger partial charge in [0.05, 0.1) is 0 Å². The van der Waals surface area contributed by atoms with E-state index in [1.165, 1.54) is 15.8 Å². The molecule has 0 fully saturated rings. The Labute approximate surface area is 126 Å². The van der Waals surface area contributed by atoms with E-state index in [2.05, 4.69) is 29.5 Å². The lowest BCUT2D eigenvalue weighted by Crippen LogP contribution is -2.19. The van der Waals surface area contributed by atoms with Crippen molar-refractivity contribution in [3.63, 3.8) is 0 Å². The molecule has 0 atom stereocenters. The number of carboxylic acid groups (broad SMARTS) is 1. The zero-order valence-corrected chi connectivity index (χ0v) is 12.9. The van der Waals surface area contributed by atoms with Crippen LogP contribution in [0.2, 0.25) is 0 Å². The first-order valence-corrected chi connectivity index (χ1v) is 8.09. The predicted molar refractivity (Wildman–Crippen MR) is 85.3 cm³/mol. The van der Waals surface area contributed by atoms with Crippen LogP contribution >= 0.6 is 22.7 Å². The van der Waals surface area contributed by atoms with Gasteiger partial charge in [0.25, 0.3) is 0 Å². The third kappa shape index (κ3) is 4.92. The molecule has 5 heteroatoms. The van der Waals surface area contributed by atoms with Gasteiger partial charge in [-0.2, -0.15) is 0 Å². The highest BCUT2D eigenvalue weighted by molar-refractivity contribution is 7.10. The minimum Gasteiger partial charge on any atom is -0.478 e. The van der Waals surface area contributed by atoms with Crippen molar-refractivity contribution in [3.8, 4) is 0 Å². The lowest BCUT2D eigenvalue weighted by Gasteiger charge is -2.14. The smallest absolute Gasteiger partial charge is 0.328 e. The van der Waals surface area contributed by atoms with Crippen LogP contribution in [0, 0.1) is 0 Å². The largest absolute Gasteiger partial charge is 0.478 e. The zero-order chi connectivity index (χ0) is 14.4. The van der Waals surface area contributed by atoms with E-state index < -0.39 is 5.97 Å². The Morgan fingerprint density at radius 1 is 1.40 bits per heavy atom. The minimum atomic E-state index is -0.911. The van der Waals surface area contributed by atoms with E-state index >= 15 is 0 Å². The van der Waals surface area contributed by atoms with E-state index in [9.17, 15) is 4.79 Å². The number of aliphatic carboxylic acids is 1. The van der Waals surface area contributed by atoms with Crippen LogP contribution in [-0.4, -0.2) is 29.6 Å². The number of hydrogen-bond donors (Lipinski definition) is 1. The van der Waals surface area contributed by atoms with E-state index in [0.29, 0.717) is 0 Å². The van der Waals surface area contributed by atoms with Crippen LogP contribution in [-0.2, 0) is 17.8 Å². The van der Waals surface area contributed by atoms with Gasteiger partial charge in [-0.15, -0.1) is 22.7 Å². The van der Waals surface area contributed by atoms with Gasteiger partial charge in [0.1, 0.15) is 0 Å². The van der Waals surface area contributed by atoms with Crippen molar-refractivity contribution >= 4 is 34.7 Å². The van der Waals surface area contributed by atoms with Gasteiger partial charge in [0.2, 0.25) is 0 Å². The molecule has 0 amide bonds. The molecule has 0 saturated heterocycles. The molecule has 2 aromatic heterocycles. The van der Waals surface area contributed by atoms with Crippen molar-refractivity contribution in [2.24, 2.45) is 0 Å². The van der Waals surface area contributed by atoms with Crippen LogP contribution in [0.25, 0.3) is 6.08 Å². The summed E-state index contributed by atoms with van der Waals surface area (Å²) >= 11 is 3.47. The maximum atomic E-state index is 10.5. The summed E-state index contributed by atoms with van der Waals surface area (Å²) in [6, 6.07) is 6.30. The summed E-state index contributed by atoms with van der Waals surface area (Å²) in [6.07, 6.45) is 3.88. The number of nitrogens with zero attached hydrogens (tertiary/aromatic N) is 1. The number of carbonyl (C=O) groups is 1. The van der Waals surface area contributed by atoms with Crippen molar-refractivity contribution < 1.29 is 9.90 Å². The molecule has 1 N–H and O–H groups in total. The molecule has 20 heavy (non-hydrogen) atoms. The molecule has 0 saturated carbocycles. The first-order chi connectivity index (χ1) is 9.63.